The van der Waals surface area contributed by atoms with Crippen LogP contribution in [0.1, 0.15) is 29.9 Å². The number of benzene rings is 1. The van der Waals surface area contributed by atoms with Gasteiger partial charge in [0.25, 0.3) is 0 Å². The Morgan fingerprint density at radius 3 is 2.65 bits per heavy atom. The van der Waals surface area contributed by atoms with Gasteiger partial charge < -0.3 is 20.0 Å². The Hall–Kier alpha value is -3.28. The van der Waals surface area contributed by atoms with E-state index in [9.17, 15) is 0 Å². The normalized spacial score (nSPS) is 15.1. The monoisotopic (exact) mass is 417 g/mol. The molecule has 1 aliphatic rings. The van der Waals surface area contributed by atoms with Crippen LogP contribution in [-0.4, -0.2) is 36.6 Å². The second kappa shape index (κ2) is 10.7. The highest BCUT2D eigenvalue weighted by atomic mass is 16.3. The summed E-state index contributed by atoms with van der Waals surface area (Å²) < 4.78 is 5.45. The maximum Gasteiger partial charge on any atom is 0.191 e. The first-order chi connectivity index (χ1) is 15.3. The number of hydrogen-bond acceptors (Lipinski definition) is 4. The van der Waals surface area contributed by atoms with Crippen molar-refractivity contribution in [3.63, 3.8) is 0 Å². The zero-order valence-corrected chi connectivity index (χ0v) is 18.1. The van der Waals surface area contributed by atoms with Crippen molar-refractivity contribution in [3.05, 3.63) is 83.9 Å². The molecule has 6 heteroatoms. The fourth-order valence-electron chi connectivity index (χ4n) is 3.82. The molecule has 3 aromatic rings. The van der Waals surface area contributed by atoms with E-state index in [1.807, 2.05) is 31.2 Å². The van der Waals surface area contributed by atoms with Gasteiger partial charge in [-0.15, -0.1) is 0 Å². The van der Waals surface area contributed by atoms with Crippen LogP contribution in [0.5, 0.6) is 0 Å². The fraction of sp³-hybridized carbons (Fsp3) is 0.360. The van der Waals surface area contributed by atoms with E-state index in [0.29, 0.717) is 12.6 Å². The second-order valence-corrected chi connectivity index (χ2v) is 7.95. The minimum atomic E-state index is 0.395. The van der Waals surface area contributed by atoms with Crippen LogP contribution in [0.3, 0.4) is 0 Å². The topological polar surface area (TPSA) is 65.7 Å². The van der Waals surface area contributed by atoms with Crippen LogP contribution in [0.15, 0.2) is 76.3 Å². The summed E-state index contributed by atoms with van der Waals surface area (Å²) in [6.07, 6.45) is 4.66. The Morgan fingerprint density at radius 1 is 1.06 bits per heavy atom. The Balaban J connectivity index is 1.33. The number of nitrogens with one attached hydrogen (secondary N) is 2. The molecule has 1 saturated heterocycles. The Morgan fingerprint density at radius 2 is 1.90 bits per heavy atom. The van der Waals surface area contributed by atoms with Crippen LogP contribution < -0.4 is 15.5 Å². The van der Waals surface area contributed by atoms with Gasteiger partial charge >= 0.3 is 0 Å². The third-order valence-corrected chi connectivity index (χ3v) is 5.54. The molecule has 3 heterocycles. The first-order valence-corrected chi connectivity index (χ1v) is 11.1. The number of anilines is 1. The first-order valence-electron chi connectivity index (χ1n) is 11.1. The lowest BCUT2D eigenvalue weighted by atomic mass is 10.1. The van der Waals surface area contributed by atoms with E-state index >= 15 is 0 Å². The Bertz CT molecular complexity index is 947. The maximum absolute atomic E-state index is 5.45. The third kappa shape index (κ3) is 6.35. The largest absolute Gasteiger partial charge is 0.469 e. The number of rotatable bonds is 7. The van der Waals surface area contributed by atoms with Crippen molar-refractivity contribution in [1.29, 1.82) is 0 Å². The van der Waals surface area contributed by atoms with Crippen molar-refractivity contribution < 1.29 is 4.42 Å². The molecule has 0 unspecified atom stereocenters. The average molecular weight is 418 g/mol. The molecule has 4 rings (SSSR count). The number of aryl methyl sites for hydroxylation is 1. The standard InChI is InChI=1S/C25H31N5O/c1-20-7-5-11-24(28-20)30-16-13-22(14-17-30)29-25(26-15-12-23-10-6-18-31-23)27-19-21-8-3-2-4-9-21/h2-11,18,22H,12-17,19H2,1H3,(H2,26,27,29). The van der Waals surface area contributed by atoms with Gasteiger partial charge in [-0.25, -0.2) is 9.98 Å². The minimum Gasteiger partial charge on any atom is -0.469 e. The fourth-order valence-corrected chi connectivity index (χ4v) is 3.82. The first kappa shape index (κ1) is 21.0. The van der Waals surface area contributed by atoms with Crippen LogP contribution in [0.4, 0.5) is 5.82 Å². The maximum atomic E-state index is 5.45. The second-order valence-electron chi connectivity index (χ2n) is 7.95. The summed E-state index contributed by atoms with van der Waals surface area (Å²) in [7, 11) is 0. The molecule has 31 heavy (non-hydrogen) atoms. The lowest BCUT2D eigenvalue weighted by Gasteiger charge is -2.34. The zero-order valence-electron chi connectivity index (χ0n) is 18.1. The SMILES string of the molecule is Cc1cccc(N2CCC(NC(=NCc3ccccc3)NCCc3ccco3)CC2)n1. The predicted octanol–water partition coefficient (Wildman–Crippen LogP) is 3.93. The van der Waals surface area contributed by atoms with Crippen LogP contribution in [-0.2, 0) is 13.0 Å². The number of furan rings is 1. The van der Waals surface area contributed by atoms with Crippen molar-refractivity contribution in [2.24, 2.45) is 4.99 Å². The van der Waals surface area contributed by atoms with E-state index in [2.05, 4.69) is 56.9 Å². The number of guanidine groups is 1. The van der Waals surface area contributed by atoms with Gasteiger partial charge in [-0.1, -0.05) is 36.4 Å². The predicted molar refractivity (Wildman–Crippen MR) is 125 cm³/mol. The number of aliphatic imine (C=N–C) groups is 1. The van der Waals surface area contributed by atoms with E-state index in [1.165, 1.54) is 5.56 Å². The van der Waals surface area contributed by atoms with E-state index in [0.717, 1.165) is 62.1 Å². The molecule has 0 bridgehead atoms. The Kier molecular flexibility index (Phi) is 7.21. The zero-order chi connectivity index (χ0) is 21.3. The molecule has 0 saturated carbocycles. The minimum absolute atomic E-state index is 0.395. The summed E-state index contributed by atoms with van der Waals surface area (Å²) >= 11 is 0. The quantitative estimate of drug-likeness (QED) is 0.450. The van der Waals surface area contributed by atoms with Crippen molar-refractivity contribution in [2.75, 3.05) is 24.5 Å². The molecule has 2 aromatic heterocycles. The smallest absolute Gasteiger partial charge is 0.191 e. The van der Waals surface area contributed by atoms with E-state index in [1.54, 1.807) is 6.26 Å². The van der Waals surface area contributed by atoms with Gasteiger partial charge in [0.15, 0.2) is 5.96 Å². The molecule has 2 N–H and O–H groups in total. The third-order valence-electron chi connectivity index (χ3n) is 5.54. The molecule has 1 fully saturated rings. The molecule has 0 atom stereocenters. The van der Waals surface area contributed by atoms with E-state index in [-0.39, 0.29) is 0 Å². The van der Waals surface area contributed by atoms with E-state index in [4.69, 9.17) is 9.41 Å². The highest BCUT2D eigenvalue weighted by molar-refractivity contribution is 5.80. The summed E-state index contributed by atoms with van der Waals surface area (Å²) in [4.78, 5) is 11.9. The number of pyridine rings is 1. The van der Waals surface area contributed by atoms with Crippen molar-refractivity contribution in [3.8, 4) is 0 Å². The Labute approximate surface area is 184 Å². The molecular formula is C25H31N5O. The summed E-state index contributed by atoms with van der Waals surface area (Å²) in [5, 5.41) is 7.13. The molecular weight excluding hydrogens is 386 g/mol. The van der Waals surface area contributed by atoms with Crippen LogP contribution >= 0.6 is 0 Å². The van der Waals surface area contributed by atoms with Crippen LogP contribution in [0, 0.1) is 6.92 Å². The number of hydrogen-bond donors (Lipinski definition) is 2. The molecule has 0 radical (unpaired) electrons. The van der Waals surface area contributed by atoms with Gasteiger partial charge in [0.2, 0.25) is 0 Å². The van der Waals surface area contributed by atoms with Crippen molar-refractivity contribution >= 4 is 11.8 Å². The van der Waals surface area contributed by atoms with E-state index < -0.39 is 0 Å². The number of piperidine rings is 1. The van der Waals surface area contributed by atoms with Gasteiger partial charge in [-0.3, -0.25) is 0 Å². The van der Waals surface area contributed by atoms with Crippen molar-refractivity contribution in [2.45, 2.75) is 38.8 Å². The summed E-state index contributed by atoms with van der Waals surface area (Å²) in [6.45, 7) is 5.46. The van der Waals surface area contributed by atoms with Gasteiger partial charge in [0.1, 0.15) is 11.6 Å². The lowest BCUT2D eigenvalue weighted by Crippen LogP contribution is -2.49. The molecule has 0 aliphatic carbocycles. The van der Waals surface area contributed by atoms with Crippen LogP contribution in [0.25, 0.3) is 0 Å². The molecule has 0 amide bonds. The van der Waals surface area contributed by atoms with Crippen LogP contribution in [0.2, 0.25) is 0 Å². The average Bonchev–Trinajstić information content (AvgIpc) is 3.32. The molecule has 162 valence electrons. The lowest BCUT2D eigenvalue weighted by molar-refractivity contribution is 0.458. The van der Waals surface area contributed by atoms with Crippen molar-refractivity contribution in [1.82, 2.24) is 15.6 Å². The molecule has 6 nitrogen and oxygen atoms in total. The summed E-state index contributed by atoms with van der Waals surface area (Å²) in [5.74, 6) is 2.92. The number of aromatic nitrogens is 1. The molecule has 1 aliphatic heterocycles. The van der Waals surface area contributed by atoms with Gasteiger partial charge in [0, 0.05) is 37.8 Å². The molecule has 1 aromatic carbocycles. The summed E-state index contributed by atoms with van der Waals surface area (Å²) in [6, 6.07) is 20.9. The number of nitrogens with zero attached hydrogens (tertiary/aromatic N) is 3. The van der Waals surface area contributed by atoms with Gasteiger partial charge in [-0.2, -0.15) is 0 Å². The molecule has 0 spiro atoms. The van der Waals surface area contributed by atoms with Gasteiger partial charge in [-0.05, 0) is 49.6 Å². The highest BCUT2D eigenvalue weighted by Crippen LogP contribution is 2.18. The highest BCUT2D eigenvalue weighted by Gasteiger charge is 2.21. The van der Waals surface area contributed by atoms with Gasteiger partial charge in [0.05, 0.1) is 12.8 Å². The summed E-state index contributed by atoms with van der Waals surface area (Å²) in [5.41, 5.74) is 2.27.